The van der Waals surface area contributed by atoms with Gasteiger partial charge in [0.05, 0.1) is 11.5 Å². The molecule has 0 saturated carbocycles. The number of hydrogen-bond donors (Lipinski definition) is 1. The van der Waals surface area contributed by atoms with E-state index in [1.807, 2.05) is 38.2 Å². The van der Waals surface area contributed by atoms with Crippen LogP contribution in [0.5, 0.6) is 0 Å². The Morgan fingerprint density at radius 1 is 1.29 bits per heavy atom. The van der Waals surface area contributed by atoms with E-state index in [2.05, 4.69) is 16.8 Å². The third-order valence-corrected chi connectivity index (χ3v) is 3.66. The number of hydrogen-bond acceptors (Lipinski definition) is 3. The van der Waals surface area contributed by atoms with Crippen molar-refractivity contribution in [1.29, 1.82) is 0 Å². The predicted octanol–water partition coefficient (Wildman–Crippen LogP) is 4.04. The molecule has 0 atom stereocenters. The zero-order valence-electron chi connectivity index (χ0n) is 12.7. The summed E-state index contributed by atoms with van der Waals surface area (Å²) in [6, 6.07) is 7.51. The summed E-state index contributed by atoms with van der Waals surface area (Å²) in [5.41, 5.74) is 3.82. The van der Waals surface area contributed by atoms with Gasteiger partial charge in [0.15, 0.2) is 0 Å². The first-order valence-corrected chi connectivity index (χ1v) is 7.16. The van der Waals surface area contributed by atoms with Crippen molar-refractivity contribution in [2.24, 2.45) is 0 Å². The molecular formula is C16H21N3O2. The topological polar surface area (TPSA) is 60.1 Å². The maximum absolute atomic E-state index is 11.2. The summed E-state index contributed by atoms with van der Waals surface area (Å²) in [4.78, 5) is 10.8. The minimum absolute atomic E-state index is 0.131. The Morgan fingerprint density at radius 2 is 2.00 bits per heavy atom. The lowest BCUT2D eigenvalue weighted by atomic mass is 10.1. The zero-order valence-corrected chi connectivity index (χ0v) is 12.7. The molecule has 21 heavy (non-hydrogen) atoms. The first-order chi connectivity index (χ1) is 10.0. The van der Waals surface area contributed by atoms with Crippen LogP contribution in [-0.4, -0.2) is 9.49 Å². The number of nitro benzene ring substituents is 1. The first kappa shape index (κ1) is 15.1. The van der Waals surface area contributed by atoms with Gasteiger partial charge in [-0.2, -0.15) is 0 Å². The van der Waals surface area contributed by atoms with Gasteiger partial charge in [0.1, 0.15) is 5.69 Å². The van der Waals surface area contributed by atoms with Crippen LogP contribution in [0.15, 0.2) is 30.5 Å². The van der Waals surface area contributed by atoms with E-state index in [-0.39, 0.29) is 10.6 Å². The monoisotopic (exact) mass is 287 g/mol. The molecule has 0 aliphatic rings. The van der Waals surface area contributed by atoms with Gasteiger partial charge < -0.3 is 9.88 Å². The largest absolute Gasteiger partial charge is 0.374 e. The fourth-order valence-electron chi connectivity index (χ4n) is 2.35. The Hall–Kier alpha value is -2.30. The molecule has 0 bridgehead atoms. The van der Waals surface area contributed by atoms with Crippen molar-refractivity contribution in [1.82, 2.24) is 4.57 Å². The Morgan fingerprint density at radius 3 is 2.67 bits per heavy atom. The van der Waals surface area contributed by atoms with E-state index in [9.17, 15) is 10.1 Å². The highest BCUT2D eigenvalue weighted by Gasteiger charge is 2.15. The number of aromatic nitrogens is 1. The van der Waals surface area contributed by atoms with Gasteiger partial charge in [-0.25, -0.2) is 0 Å². The lowest BCUT2D eigenvalue weighted by Gasteiger charge is -2.12. The summed E-state index contributed by atoms with van der Waals surface area (Å²) in [7, 11) is 0. The lowest BCUT2D eigenvalue weighted by Crippen LogP contribution is -2.08. The molecule has 0 unspecified atom stereocenters. The first-order valence-electron chi connectivity index (χ1n) is 7.16. The van der Waals surface area contributed by atoms with Crippen LogP contribution in [0.1, 0.15) is 30.2 Å². The highest BCUT2D eigenvalue weighted by atomic mass is 16.6. The number of nitro groups is 1. The van der Waals surface area contributed by atoms with E-state index in [0.717, 1.165) is 29.8 Å². The van der Waals surface area contributed by atoms with E-state index in [0.29, 0.717) is 12.2 Å². The summed E-state index contributed by atoms with van der Waals surface area (Å²) in [6.07, 6.45) is 3.10. The average molecular weight is 287 g/mol. The summed E-state index contributed by atoms with van der Waals surface area (Å²) in [5.74, 6) is 0. The van der Waals surface area contributed by atoms with Gasteiger partial charge in [-0.15, -0.1) is 0 Å². The molecule has 1 aromatic heterocycles. The van der Waals surface area contributed by atoms with Crippen molar-refractivity contribution in [3.8, 4) is 0 Å². The van der Waals surface area contributed by atoms with E-state index >= 15 is 0 Å². The van der Waals surface area contributed by atoms with E-state index in [1.165, 1.54) is 0 Å². The van der Waals surface area contributed by atoms with Gasteiger partial charge >= 0.3 is 0 Å². The third-order valence-electron chi connectivity index (χ3n) is 3.66. The molecule has 112 valence electrons. The maximum Gasteiger partial charge on any atom is 0.292 e. The third kappa shape index (κ3) is 3.42. The number of rotatable bonds is 6. The zero-order chi connectivity index (χ0) is 15.4. The number of nitrogens with one attached hydrogen (secondary N) is 1. The second kappa shape index (κ2) is 6.43. The minimum atomic E-state index is -0.333. The van der Waals surface area contributed by atoms with Crippen molar-refractivity contribution < 1.29 is 4.92 Å². The molecule has 2 aromatic rings. The van der Waals surface area contributed by atoms with Gasteiger partial charge in [-0.1, -0.05) is 6.92 Å². The SMILES string of the molecule is CCCn1cccc1CNc1cc(C)c(C)cc1[N+](=O)[O-]. The molecule has 0 fully saturated rings. The molecule has 0 spiro atoms. The van der Waals surface area contributed by atoms with Crippen molar-refractivity contribution >= 4 is 11.4 Å². The van der Waals surface area contributed by atoms with Crippen molar-refractivity contribution in [2.75, 3.05) is 5.32 Å². The van der Waals surface area contributed by atoms with E-state index < -0.39 is 0 Å². The lowest BCUT2D eigenvalue weighted by molar-refractivity contribution is -0.384. The highest BCUT2D eigenvalue weighted by Crippen LogP contribution is 2.28. The van der Waals surface area contributed by atoms with Gasteiger partial charge in [0.25, 0.3) is 5.69 Å². The second-order valence-electron chi connectivity index (χ2n) is 5.26. The summed E-state index contributed by atoms with van der Waals surface area (Å²) in [5, 5.41) is 14.4. The van der Waals surface area contributed by atoms with E-state index in [1.54, 1.807) is 6.07 Å². The van der Waals surface area contributed by atoms with Crippen LogP contribution in [0.4, 0.5) is 11.4 Å². The molecule has 0 aliphatic carbocycles. The fourth-order valence-corrected chi connectivity index (χ4v) is 2.35. The van der Waals surface area contributed by atoms with Crippen LogP contribution >= 0.6 is 0 Å². The summed E-state index contributed by atoms with van der Waals surface area (Å²) >= 11 is 0. The smallest absolute Gasteiger partial charge is 0.292 e. The van der Waals surface area contributed by atoms with Crippen LogP contribution in [-0.2, 0) is 13.1 Å². The Bertz CT molecular complexity index is 647. The Labute approximate surface area is 124 Å². The molecule has 5 nitrogen and oxygen atoms in total. The molecule has 0 radical (unpaired) electrons. The van der Waals surface area contributed by atoms with Crippen LogP contribution in [0.3, 0.4) is 0 Å². The minimum Gasteiger partial charge on any atom is -0.374 e. The maximum atomic E-state index is 11.2. The normalized spacial score (nSPS) is 10.6. The van der Waals surface area contributed by atoms with Crippen LogP contribution in [0.2, 0.25) is 0 Å². The highest BCUT2D eigenvalue weighted by molar-refractivity contribution is 5.64. The predicted molar refractivity (Wildman–Crippen MR) is 84.6 cm³/mol. The molecular weight excluding hydrogens is 266 g/mol. The van der Waals surface area contributed by atoms with Crippen LogP contribution in [0, 0.1) is 24.0 Å². The molecule has 0 saturated heterocycles. The number of aryl methyl sites for hydroxylation is 3. The molecule has 1 N–H and O–H groups in total. The van der Waals surface area contributed by atoms with Crippen LogP contribution < -0.4 is 5.32 Å². The number of anilines is 1. The van der Waals surface area contributed by atoms with E-state index in [4.69, 9.17) is 0 Å². The van der Waals surface area contributed by atoms with Crippen molar-refractivity contribution in [3.05, 3.63) is 57.4 Å². The van der Waals surface area contributed by atoms with Crippen LogP contribution in [0.25, 0.3) is 0 Å². The molecule has 0 aliphatic heterocycles. The molecule has 1 aromatic carbocycles. The van der Waals surface area contributed by atoms with Gasteiger partial charge in [0, 0.05) is 24.5 Å². The quantitative estimate of drug-likeness (QED) is 0.644. The molecule has 2 rings (SSSR count). The standard InChI is InChI=1S/C16H21N3O2/c1-4-7-18-8-5-6-14(18)11-17-15-9-12(2)13(3)10-16(15)19(20)21/h5-6,8-10,17H,4,7,11H2,1-3H3. The van der Waals surface area contributed by atoms with Gasteiger partial charge in [-0.05, 0) is 49.6 Å². The number of benzene rings is 1. The summed E-state index contributed by atoms with van der Waals surface area (Å²) < 4.78 is 2.17. The van der Waals surface area contributed by atoms with Gasteiger partial charge in [-0.3, -0.25) is 10.1 Å². The van der Waals surface area contributed by atoms with Gasteiger partial charge in [0.2, 0.25) is 0 Å². The molecule has 5 heteroatoms. The summed E-state index contributed by atoms with van der Waals surface area (Å²) in [6.45, 7) is 7.52. The Kier molecular flexibility index (Phi) is 4.62. The average Bonchev–Trinajstić information content (AvgIpc) is 2.87. The number of nitrogens with zero attached hydrogens (tertiary/aromatic N) is 2. The molecule has 0 amide bonds. The Balaban J connectivity index is 2.21. The van der Waals surface area contributed by atoms with Crippen molar-refractivity contribution in [3.63, 3.8) is 0 Å². The fraction of sp³-hybridized carbons (Fsp3) is 0.375. The van der Waals surface area contributed by atoms with Crippen molar-refractivity contribution in [2.45, 2.75) is 40.3 Å². The molecule has 1 heterocycles. The second-order valence-corrected chi connectivity index (χ2v) is 5.26.